The molecule has 3 rings (SSSR count). The van der Waals surface area contributed by atoms with Gasteiger partial charge in [-0.25, -0.2) is 8.78 Å². The van der Waals surface area contributed by atoms with Crippen LogP contribution in [-0.2, 0) is 6.61 Å². The number of benzene rings is 2. The third-order valence-electron chi connectivity index (χ3n) is 4.08. The van der Waals surface area contributed by atoms with E-state index in [9.17, 15) is 18.9 Å². The summed E-state index contributed by atoms with van der Waals surface area (Å²) in [5.74, 6) is 0.458. The largest absolute Gasteiger partial charge is 0.496 e. The van der Waals surface area contributed by atoms with Crippen molar-refractivity contribution in [1.82, 2.24) is 14.9 Å². The molecule has 0 aliphatic heterocycles. The number of hydrogen-bond acceptors (Lipinski definition) is 8. The highest BCUT2D eigenvalue weighted by molar-refractivity contribution is 7.98. The fraction of sp³-hybridized carbons (Fsp3) is 0.211. The Kier molecular flexibility index (Phi) is 7.13. The van der Waals surface area contributed by atoms with Gasteiger partial charge in [0.05, 0.1) is 18.2 Å². The van der Waals surface area contributed by atoms with E-state index in [0.717, 1.165) is 16.4 Å². The third kappa shape index (κ3) is 5.34. The Hall–Kier alpha value is -3.54. The number of nitro benzene ring substituents is 1. The maximum absolute atomic E-state index is 13.1. The van der Waals surface area contributed by atoms with Crippen LogP contribution in [0.25, 0.3) is 0 Å². The van der Waals surface area contributed by atoms with E-state index in [-0.39, 0.29) is 17.5 Å². The van der Waals surface area contributed by atoms with Gasteiger partial charge < -0.3 is 9.47 Å². The second kappa shape index (κ2) is 9.98. The average Bonchev–Trinajstić information content (AvgIpc) is 3.19. The molecule has 0 atom stereocenters. The molecule has 9 nitrogen and oxygen atoms in total. The molecule has 0 radical (unpaired) electrons. The van der Waals surface area contributed by atoms with Gasteiger partial charge in [0.15, 0.2) is 0 Å². The number of alkyl halides is 2. The molecule has 12 heteroatoms. The summed E-state index contributed by atoms with van der Waals surface area (Å²) >= 11 is 1.15. The van der Waals surface area contributed by atoms with E-state index in [1.807, 2.05) is 0 Å². The molecule has 0 bridgehead atoms. The van der Waals surface area contributed by atoms with Crippen molar-refractivity contribution in [3.8, 4) is 11.5 Å². The molecule has 2 aromatic carbocycles. The van der Waals surface area contributed by atoms with Gasteiger partial charge in [-0.1, -0.05) is 11.8 Å². The SMILES string of the molecule is COc1ccc(C=Nn2c(SC)nnc2C(F)F)cc1COc1ccc([N+](=O)[O-])cc1. The first-order valence-electron chi connectivity index (χ1n) is 8.79. The Morgan fingerprint density at radius 3 is 2.61 bits per heavy atom. The van der Waals surface area contributed by atoms with E-state index < -0.39 is 17.2 Å². The van der Waals surface area contributed by atoms with Crippen LogP contribution in [0.4, 0.5) is 14.5 Å². The minimum absolute atomic E-state index is 0.0371. The molecule has 1 heterocycles. The summed E-state index contributed by atoms with van der Waals surface area (Å²) in [7, 11) is 1.51. The summed E-state index contributed by atoms with van der Waals surface area (Å²) in [6.07, 6.45) is 0.280. The number of halogens is 2. The summed E-state index contributed by atoms with van der Waals surface area (Å²) in [5.41, 5.74) is 1.25. The van der Waals surface area contributed by atoms with Gasteiger partial charge >= 0.3 is 0 Å². The van der Waals surface area contributed by atoms with Gasteiger partial charge in [0.2, 0.25) is 11.0 Å². The first-order chi connectivity index (χ1) is 14.9. The Balaban J connectivity index is 1.80. The van der Waals surface area contributed by atoms with E-state index >= 15 is 0 Å². The Morgan fingerprint density at radius 1 is 1.26 bits per heavy atom. The number of thioether (sulfide) groups is 1. The van der Waals surface area contributed by atoms with E-state index in [2.05, 4.69) is 15.3 Å². The summed E-state index contributed by atoms with van der Waals surface area (Å²) in [5, 5.41) is 22.2. The van der Waals surface area contributed by atoms with E-state index in [0.29, 0.717) is 22.6 Å². The molecule has 0 saturated carbocycles. The number of ether oxygens (including phenoxy) is 2. The molecule has 0 N–H and O–H groups in total. The number of rotatable bonds is 9. The highest BCUT2D eigenvalue weighted by Crippen LogP contribution is 2.24. The van der Waals surface area contributed by atoms with Crippen LogP contribution in [-0.4, -0.2) is 39.4 Å². The zero-order chi connectivity index (χ0) is 22.4. The number of nitrogens with zero attached hydrogens (tertiary/aromatic N) is 5. The summed E-state index contributed by atoms with van der Waals surface area (Å²) < 4.78 is 38.3. The van der Waals surface area contributed by atoms with Gasteiger partial charge in [-0.3, -0.25) is 10.1 Å². The first kappa shape index (κ1) is 22.2. The van der Waals surface area contributed by atoms with Gasteiger partial charge in [0.25, 0.3) is 12.1 Å². The lowest BCUT2D eigenvalue weighted by molar-refractivity contribution is -0.384. The molecule has 162 valence electrons. The van der Waals surface area contributed by atoms with Crippen LogP contribution in [0.3, 0.4) is 0 Å². The van der Waals surface area contributed by atoms with Crippen LogP contribution in [0.15, 0.2) is 52.7 Å². The molecule has 0 aliphatic rings. The Bertz CT molecular complexity index is 1090. The second-order valence-corrected chi connectivity index (χ2v) is 6.79. The molecule has 3 aromatic rings. The van der Waals surface area contributed by atoms with E-state index in [1.54, 1.807) is 24.5 Å². The zero-order valence-electron chi connectivity index (χ0n) is 16.4. The van der Waals surface area contributed by atoms with Crippen molar-refractivity contribution < 1.29 is 23.2 Å². The predicted molar refractivity (Wildman–Crippen MR) is 110 cm³/mol. The maximum atomic E-state index is 13.1. The van der Waals surface area contributed by atoms with E-state index in [1.165, 1.54) is 37.6 Å². The second-order valence-electron chi connectivity index (χ2n) is 6.01. The fourth-order valence-electron chi connectivity index (χ4n) is 2.59. The van der Waals surface area contributed by atoms with Gasteiger partial charge in [0.1, 0.15) is 18.1 Å². The molecule has 0 spiro atoms. The van der Waals surface area contributed by atoms with E-state index in [4.69, 9.17) is 9.47 Å². The summed E-state index contributed by atoms with van der Waals surface area (Å²) in [6.45, 7) is 0.119. The van der Waals surface area contributed by atoms with Gasteiger partial charge in [-0.2, -0.15) is 9.78 Å². The van der Waals surface area contributed by atoms with Crippen LogP contribution in [0.5, 0.6) is 11.5 Å². The summed E-state index contributed by atoms with van der Waals surface area (Å²) in [6, 6.07) is 10.8. The molecule has 0 saturated heterocycles. The Morgan fingerprint density at radius 2 is 2.00 bits per heavy atom. The van der Waals surface area contributed by atoms with Crippen molar-refractivity contribution in [2.24, 2.45) is 5.10 Å². The number of hydrogen-bond donors (Lipinski definition) is 0. The van der Waals surface area contributed by atoms with Crippen LogP contribution < -0.4 is 9.47 Å². The van der Waals surface area contributed by atoms with Crippen LogP contribution in [0.2, 0.25) is 0 Å². The lowest BCUT2D eigenvalue weighted by Gasteiger charge is -2.11. The fourth-order valence-corrected chi connectivity index (χ4v) is 3.03. The van der Waals surface area contributed by atoms with Crippen molar-refractivity contribution in [3.63, 3.8) is 0 Å². The van der Waals surface area contributed by atoms with Crippen molar-refractivity contribution in [2.45, 2.75) is 18.2 Å². The number of non-ortho nitro benzene ring substituents is 1. The summed E-state index contributed by atoms with van der Waals surface area (Å²) in [4.78, 5) is 10.2. The van der Waals surface area contributed by atoms with Gasteiger partial charge in [-0.05, 0) is 42.2 Å². The molecule has 0 aliphatic carbocycles. The lowest BCUT2D eigenvalue weighted by Crippen LogP contribution is -2.02. The minimum atomic E-state index is -2.81. The number of aromatic nitrogens is 3. The normalized spacial score (nSPS) is 11.3. The quantitative estimate of drug-likeness (QED) is 0.207. The predicted octanol–water partition coefficient (Wildman–Crippen LogP) is 4.32. The van der Waals surface area contributed by atoms with Gasteiger partial charge in [0, 0.05) is 17.7 Å². The zero-order valence-corrected chi connectivity index (χ0v) is 17.3. The topological polar surface area (TPSA) is 105 Å². The highest BCUT2D eigenvalue weighted by atomic mass is 32.2. The molecular weight excluding hydrogens is 432 g/mol. The third-order valence-corrected chi connectivity index (χ3v) is 4.70. The van der Waals surface area contributed by atoms with Gasteiger partial charge in [-0.15, -0.1) is 10.2 Å². The maximum Gasteiger partial charge on any atom is 0.299 e. The molecule has 0 fully saturated rings. The molecular formula is C19H17F2N5O4S. The first-order valence-corrected chi connectivity index (χ1v) is 10.0. The van der Waals surface area contributed by atoms with Crippen LogP contribution in [0.1, 0.15) is 23.4 Å². The Labute approximate surface area is 179 Å². The number of nitro groups is 1. The highest BCUT2D eigenvalue weighted by Gasteiger charge is 2.19. The monoisotopic (exact) mass is 449 g/mol. The average molecular weight is 449 g/mol. The minimum Gasteiger partial charge on any atom is -0.496 e. The van der Waals surface area contributed by atoms with Crippen LogP contribution >= 0.6 is 11.8 Å². The van der Waals surface area contributed by atoms with Crippen molar-refractivity contribution in [1.29, 1.82) is 0 Å². The smallest absolute Gasteiger partial charge is 0.299 e. The molecule has 0 amide bonds. The molecule has 1 aromatic heterocycles. The number of methoxy groups -OCH3 is 1. The standard InChI is InChI=1S/C19H17F2N5O4S/c1-29-16-8-3-12(10-22-25-18(17(20)21)23-24-19(25)31-2)9-13(16)11-30-15-6-4-14(5-7-15)26(27)28/h3-10,17H,11H2,1-2H3. The lowest BCUT2D eigenvalue weighted by atomic mass is 10.1. The van der Waals surface area contributed by atoms with Crippen molar-refractivity contribution >= 4 is 23.7 Å². The molecule has 31 heavy (non-hydrogen) atoms. The van der Waals surface area contributed by atoms with Crippen molar-refractivity contribution in [3.05, 3.63) is 69.5 Å². The van der Waals surface area contributed by atoms with Crippen LogP contribution in [0, 0.1) is 10.1 Å². The molecule has 0 unspecified atom stereocenters. The van der Waals surface area contributed by atoms with Crippen molar-refractivity contribution in [2.75, 3.05) is 13.4 Å².